The fraction of sp³-hybridized carbons (Fsp3) is 0.238. The van der Waals surface area contributed by atoms with Gasteiger partial charge < -0.3 is 10.1 Å². The molecule has 0 aliphatic carbocycles. The maximum absolute atomic E-state index is 12.6. The molecule has 0 saturated heterocycles. The van der Waals surface area contributed by atoms with E-state index in [2.05, 4.69) is 5.32 Å². The van der Waals surface area contributed by atoms with Crippen molar-refractivity contribution >= 4 is 23.6 Å². The van der Waals surface area contributed by atoms with Crippen LogP contribution in [0.3, 0.4) is 0 Å². The van der Waals surface area contributed by atoms with E-state index >= 15 is 0 Å². The highest BCUT2D eigenvalue weighted by molar-refractivity contribution is 5.95. The van der Waals surface area contributed by atoms with Crippen LogP contribution in [0.2, 0.25) is 0 Å². The molecule has 0 bridgehead atoms. The van der Waals surface area contributed by atoms with Crippen LogP contribution >= 0.6 is 0 Å². The summed E-state index contributed by atoms with van der Waals surface area (Å²) >= 11 is 0. The van der Waals surface area contributed by atoms with Gasteiger partial charge >= 0.3 is 5.97 Å². The van der Waals surface area contributed by atoms with Gasteiger partial charge in [0.05, 0.1) is 4.92 Å². The first-order chi connectivity index (χ1) is 13.2. The van der Waals surface area contributed by atoms with E-state index in [-0.39, 0.29) is 5.69 Å². The fourth-order valence-corrected chi connectivity index (χ4v) is 2.39. The molecule has 2 aromatic rings. The first-order valence-corrected chi connectivity index (χ1v) is 8.66. The lowest BCUT2D eigenvalue weighted by Crippen LogP contribution is -2.37. The second kappa shape index (κ2) is 8.94. The van der Waals surface area contributed by atoms with Gasteiger partial charge in [-0.05, 0) is 38.0 Å². The van der Waals surface area contributed by atoms with Crippen molar-refractivity contribution in [2.24, 2.45) is 0 Å². The monoisotopic (exact) mass is 382 g/mol. The van der Waals surface area contributed by atoms with Gasteiger partial charge in [0.25, 0.3) is 5.69 Å². The maximum atomic E-state index is 12.6. The Labute approximate surface area is 163 Å². The maximum Gasteiger partial charge on any atom is 0.333 e. The molecule has 0 unspecified atom stereocenters. The predicted octanol–water partition coefficient (Wildman–Crippen LogP) is 3.81. The van der Waals surface area contributed by atoms with E-state index in [0.29, 0.717) is 11.1 Å². The highest BCUT2D eigenvalue weighted by Crippen LogP contribution is 2.19. The number of ether oxygens (including phenoxy) is 1. The molecule has 0 aromatic heterocycles. The van der Waals surface area contributed by atoms with Gasteiger partial charge in [-0.15, -0.1) is 0 Å². The number of esters is 1. The van der Waals surface area contributed by atoms with Gasteiger partial charge in [-0.25, -0.2) is 4.79 Å². The molecule has 0 spiro atoms. The van der Waals surface area contributed by atoms with Crippen molar-refractivity contribution in [1.82, 2.24) is 5.32 Å². The van der Waals surface area contributed by atoms with E-state index in [0.717, 1.165) is 0 Å². The number of carbonyl (C=O) groups excluding carboxylic acids is 2. The number of nitrogens with one attached hydrogen (secondary N) is 1. The standard InChI is InChI=1S/C21H22N2O5/c1-21(2,3)28-20(25)19(16-9-5-4-6-10-16)22-18(24)13-12-15-8-7-11-17(14-15)23(26)27/h4-14,19H,1-3H3,(H,22,24)/t19-/m0/s1. The summed E-state index contributed by atoms with van der Waals surface area (Å²) in [5.41, 5.74) is 0.318. The third-order valence-corrected chi connectivity index (χ3v) is 3.57. The zero-order chi connectivity index (χ0) is 20.7. The van der Waals surface area contributed by atoms with Crippen LogP contribution in [-0.4, -0.2) is 22.4 Å². The Morgan fingerprint density at radius 1 is 1.11 bits per heavy atom. The molecule has 0 fully saturated rings. The Morgan fingerprint density at radius 2 is 1.79 bits per heavy atom. The van der Waals surface area contributed by atoms with Gasteiger partial charge in [-0.1, -0.05) is 42.5 Å². The lowest BCUT2D eigenvalue weighted by atomic mass is 10.1. The lowest BCUT2D eigenvalue weighted by molar-refractivity contribution is -0.384. The van der Waals surface area contributed by atoms with Crippen LogP contribution in [0.5, 0.6) is 0 Å². The summed E-state index contributed by atoms with van der Waals surface area (Å²) in [5, 5.41) is 13.5. The average molecular weight is 382 g/mol. The van der Waals surface area contributed by atoms with Crippen LogP contribution in [-0.2, 0) is 14.3 Å². The van der Waals surface area contributed by atoms with Crippen LogP contribution in [0.15, 0.2) is 60.7 Å². The smallest absolute Gasteiger partial charge is 0.333 e. The first-order valence-electron chi connectivity index (χ1n) is 8.66. The van der Waals surface area contributed by atoms with Gasteiger partial charge in [0.15, 0.2) is 6.04 Å². The van der Waals surface area contributed by atoms with Gasteiger partial charge in [0.2, 0.25) is 5.91 Å². The minimum absolute atomic E-state index is 0.0709. The number of nitrogens with zero attached hydrogens (tertiary/aromatic N) is 1. The van der Waals surface area contributed by atoms with E-state index in [1.54, 1.807) is 57.2 Å². The number of nitro benzene ring substituents is 1. The summed E-state index contributed by atoms with van der Waals surface area (Å²) in [7, 11) is 0. The van der Waals surface area contributed by atoms with E-state index in [1.807, 2.05) is 0 Å². The van der Waals surface area contributed by atoms with Gasteiger partial charge in [0, 0.05) is 18.2 Å². The molecular weight excluding hydrogens is 360 g/mol. The SMILES string of the molecule is CC(C)(C)OC(=O)[C@@H](NC(=O)C=Cc1cccc([N+](=O)[O-])c1)c1ccccc1. The number of non-ortho nitro benzene ring substituents is 1. The summed E-state index contributed by atoms with van der Waals surface area (Å²) < 4.78 is 5.41. The van der Waals surface area contributed by atoms with Crippen molar-refractivity contribution in [3.05, 3.63) is 81.9 Å². The van der Waals surface area contributed by atoms with Crippen LogP contribution in [0, 0.1) is 10.1 Å². The summed E-state index contributed by atoms with van der Waals surface area (Å²) in [6.45, 7) is 5.24. The second-order valence-electron chi connectivity index (χ2n) is 7.07. The molecular formula is C21H22N2O5. The lowest BCUT2D eigenvalue weighted by Gasteiger charge is -2.24. The van der Waals surface area contributed by atoms with E-state index in [1.165, 1.54) is 30.4 Å². The molecule has 7 heteroatoms. The van der Waals surface area contributed by atoms with Crippen LogP contribution in [0.25, 0.3) is 6.08 Å². The Hall–Kier alpha value is -3.48. The van der Waals surface area contributed by atoms with Crippen molar-refractivity contribution in [2.75, 3.05) is 0 Å². The second-order valence-corrected chi connectivity index (χ2v) is 7.07. The van der Waals surface area contributed by atoms with Crippen molar-refractivity contribution in [1.29, 1.82) is 0 Å². The summed E-state index contributed by atoms with van der Waals surface area (Å²) in [6.07, 6.45) is 2.67. The quantitative estimate of drug-likeness (QED) is 0.354. The van der Waals surface area contributed by atoms with Crippen molar-refractivity contribution in [3.8, 4) is 0 Å². The van der Waals surface area contributed by atoms with Crippen molar-refractivity contribution in [2.45, 2.75) is 32.4 Å². The number of amides is 1. The van der Waals surface area contributed by atoms with Crippen molar-refractivity contribution in [3.63, 3.8) is 0 Å². The molecule has 2 aromatic carbocycles. The van der Waals surface area contributed by atoms with Gasteiger partial charge in [-0.3, -0.25) is 14.9 Å². The van der Waals surface area contributed by atoms with E-state index in [9.17, 15) is 19.7 Å². The number of hydrogen-bond donors (Lipinski definition) is 1. The Bertz CT molecular complexity index is 885. The molecule has 1 N–H and O–H groups in total. The number of nitro groups is 1. The Balaban J connectivity index is 2.17. The highest BCUT2D eigenvalue weighted by atomic mass is 16.6. The average Bonchev–Trinajstić information content (AvgIpc) is 2.64. The molecule has 0 aliphatic heterocycles. The molecule has 146 valence electrons. The zero-order valence-corrected chi connectivity index (χ0v) is 15.9. The molecule has 0 heterocycles. The molecule has 1 amide bonds. The minimum atomic E-state index is -0.970. The summed E-state index contributed by atoms with van der Waals surface area (Å²) in [5.74, 6) is -1.10. The predicted molar refractivity (Wildman–Crippen MR) is 105 cm³/mol. The molecule has 0 aliphatic rings. The van der Waals surface area contributed by atoms with Crippen LogP contribution in [0.1, 0.15) is 37.9 Å². The van der Waals surface area contributed by atoms with E-state index in [4.69, 9.17) is 4.74 Å². The molecule has 0 radical (unpaired) electrons. The van der Waals surface area contributed by atoms with Crippen molar-refractivity contribution < 1.29 is 19.2 Å². The highest BCUT2D eigenvalue weighted by Gasteiger charge is 2.27. The molecule has 28 heavy (non-hydrogen) atoms. The zero-order valence-electron chi connectivity index (χ0n) is 15.9. The van der Waals surface area contributed by atoms with Gasteiger partial charge in [-0.2, -0.15) is 0 Å². The number of hydrogen-bond acceptors (Lipinski definition) is 5. The number of rotatable bonds is 6. The summed E-state index contributed by atoms with van der Waals surface area (Å²) in [6, 6.07) is 13.7. The fourth-order valence-electron chi connectivity index (χ4n) is 2.39. The first kappa shape index (κ1) is 20.8. The van der Waals surface area contributed by atoms with Crippen LogP contribution < -0.4 is 5.32 Å². The molecule has 2 rings (SSSR count). The minimum Gasteiger partial charge on any atom is -0.458 e. The van der Waals surface area contributed by atoms with E-state index < -0.39 is 28.4 Å². The molecule has 1 atom stereocenters. The third-order valence-electron chi connectivity index (χ3n) is 3.57. The third kappa shape index (κ3) is 6.35. The summed E-state index contributed by atoms with van der Waals surface area (Å²) in [4.78, 5) is 35.2. The normalized spacial score (nSPS) is 12.4. The topological polar surface area (TPSA) is 98.5 Å². The number of benzene rings is 2. The van der Waals surface area contributed by atoms with Crippen LogP contribution in [0.4, 0.5) is 5.69 Å². The molecule has 0 saturated carbocycles. The number of carbonyl (C=O) groups is 2. The van der Waals surface area contributed by atoms with Gasteiger partial charge in [0.1, 0.15) is 5.60 Å². The largest absolute Gasteiger partial charge is 0.458 e. The molecule has 7 nitrogen and oxygen atoms in total. The Kier molecular flexibility index (Phi) is 6.65. The Morgan fingerprint density at radius 3 is 2.39 bits per heavy atom.